The molecule has 88 valence electrons. The van der Waals surface area contributed by atoms with E-state index in [1.165, 1.54) is 16.8 Å². The number of ketones is 2. The van der Waals surface area contributed by atoms with Gasteiger partial charge in [0.25, 0.3) is 3.79 Å². The smallest absolute Gasteiger partial charge is 0.255 e. The summed E-state index contributed by atoms with van der Waals surface area (Å²) in [4.78, 5) is 22.9. The van der Waals surface area contributed by atoms with E-state index in [2.05, 4.69) is 0 Å². The number of halogens is 4. The second-order valence-corrected chi connectivity index (χ2v) is 5.66. The number of Topliss-reactive ketones (excluding diaryl/α,β-unsaturated/α-hetero) is 2. The Morgan fingerprint density at radius 1 is 1.38 bits per heavy atom. The van der Waals surface area contributed by atoms with E-state index in [9.17, 15) is 9.59 Å². The van der Waals surface area contributed by atoms with Crippen molar-refractivity contribution < 1.29 is 9.59 Å². The maximum Gasteiger partial charge on any atom is 0.255 e. The molecule has 1 heterocycles. The van der Waals surface area contributed by atoms with Gasteiger partial charge in [-0.3, -0.25) is 9.59 Å². The minimum atomic E-state index is -2.03. The van der Waals surface area contributed by atoms with E-state index in [0.717, 1.165) is 0 Å². The molecule has 0 aliphatic carbocycles. The molecule has 0 aliphatic heterocycles. The first-order valence-electron chi connectivity index (χ1n) is 4.14. The van der Waals surface area contributed by atoms with Crippen LogP contribution in [-0.4, -0.2) is 25.8 Å². The van der Waals surface area contributed by atoms with Crippen LogP contribution in [0.4, 0.5) is 0 Å². The minimum absolute atomic E-state index is 0.147. The van der Waals surface area contributed by atoms with Crippen LogP contribution >= 0.6 is 46.4 Å². The number of carbonyl (C=O) groups is 2. The Balaban J connectivity index is 3.13. The maximum atomic E-state index is 11.7. The first-order valence-corrected chi connectivity index (χ1v) is 5.81. The molecule has 0 aliphatic rings. The Bertz CT molecular complexity index is 433. The molecule has 0 saturated carbocycles. The highest BCUT2D eigenvalue weighted by Crippen LogP contribution is 2.30. The summed E-state index contributed by atoms with van der Waals surface area (Å²) in [7, 11) is 1.58. The second-order valence-electron chi connectivity index (χ2n) is 3.11. The average Bonchev–Trinajstić information content (AvgIpc) is 2.56. The van der Waals surface area contributed by atoms with Crippen molar-refractivity contribution in [2.45, 2.75) is 3.79 Å². The summed E-state index contributed by atoms with van der Waals surface area (Å²) in [6.45, 7) is 0. The van der Waals surface area contributed by atoms with Crippen molar-refractivity contribution in [3.63, 3.8) is 0 Å². The third-order valence-corrected chi connectivity index (χ3v) is 2.70. The molecule has 0 amide bonds. The molecule has 3 nitrogen and oxygen atoms in total. The van der Waals surface area contributed by atoms with Gasteiger partial charge in [0.15, 0.2) is 5.78 Å². The molecule has 0 atom stereocenters. The molecule has 0 N–H and O–H groups in total. The highest BCUT2D eigenvalue weighted by molar-refractivity contribution is 6.77. The molecule has 7 heteroatoms. The van der Waals surface area contributed by atoms with Crippen molar-refractivity contribution in [3.8, 4) is 0 Å². The number of hydrogen-bond acceptors (Lipinski definition) is 2. The highest BCUT2D eigenvalue weighted by atomic mass is 35.6. The van der Waals surface area contributed by atoms with Gasteiger partial charge < -0.3 is 4.57 Å². The van der Waals surface area contributed by atoms with E-state index in [1.54, 1.807) is 7.05 Å². The van der Waals surface area contributed by atoms with Crippen LogP contribution < -0.4 is 0 Å². The van der Waals surface area contributed by atoms with Crippen LogP contribution in [0.2, 0.25) is 0 Å². The van der Waals surface area contributed by atoms with E-state index in [1.807, 2.05) is 0 Å². The van der Waals surface area contributed by atoms with Crippen LogP contribution in [0.3, 0.4) is 0 Å². The van der Waals surface area contributed by atoms with Gasteiger partial charge in [0.1, 0.15) is 0 Å². The van der Waals surface area contributed by atoms with Gasteiger partial charge >= 0.3 is 0 Å². The van der Waals surface area contributed by atoms with Crippen molar-refractivity contribution in [2.24, 2.45) is 7.05 Å². The Kier molecular flexibility index (Phi) is 4.29. The number of aryl methyl sites for hydroxylation is 1. The normalized spacial score (nSPS) is 11.6. The van der Waals surface area contributed by atoms with Crippen molar-refractivity contribution in [1.82, 2.24) is 4.57 Å². The van der Waals surface area contributed by atoms with Gasteiger partial charge in [-0.2, -0.15) is 0 Å². The molecule has 0 saturated heterocycles. The highest BCUT2D eigenvalue weighted by Gasteiger charge is 2.33. The lowest BCUT2D eigenvalue weighted by Gasteiger charge is -2.09. The molecule has 1 aromatic rings. The van der Waals surface area contributed by atoms with E-state index >= 15 is 0 Å². The third-order valence-electron chi connectivity index (χ3n) is 1.94. The molecule has 0 unspecified atom stereocenters. The average molecular weight is 303 g/mol. The molecule has 0 fully saturated rings. The molecule has 1 rings (SSSR count). The summed E-state index contributed by atoms with van der Waals surface area (Å²) in [6, 6.07) is 1.36. The maximum absolute atomic E-state index is 11.7. The fraction of sp³-hybridized carbons (Fsp3) is 0.333. The number of hydrogen-bond donors (Lipinski definition) is 0. The number of aromatic nitrogens is 1. The van der Waals surface area contributed by atoms with Gasteiger partial charge in [-0.05, 0) is 6.07 Å². The van der Waals surface area contributed by atoms with Gasteiger partial charge in [-0.15, -0.1) is 11.6 Å². The molecular weight excluding hydrogens is 296 g/mol. The topological polar surface area (TPSA) is 39.1 Å². The lowest BCUT2D eigenvalue weighted by atomic mass is 10.2. The van der Waals surface area contributed by atoms with E-state index in [4.69, 9.17) is 46.4 Å². The summed E-state index contributed by atoms with van der Waals surface area (Å²) in [6.07, 6.45) is 1.47. The number of rotatable bonds is 3. The fourth-order valence-electron chi connectivity index (χ4n) is 1.17. The number of nitrogens with zero attached hydrogens (tertiary/aromatic N) is 1. The predicted molar refractivity (Wildman–Crippen MR) is 65.1 cm³/mol. The minimum Gasteiger partial charge on any atom is -0.347 e. The molecule has 1 aromatic heterocycles. The van der Waals surface area contributed by atoms with Crippen molar-refractivity contribution in [3.05, 3.63) is 23.5 Å². The Morgan fingerprint density at radius 2 is 1.94 bits per heavy atom. The predicted octanol–water partition coefficient (Wildman–Crippen LogP) is 3.00. The lowest BCUT2D eigenvalue weighted by molar-refractivity contribution is 0.0988. The van der Waals surface area contributed by atoms with Crippen molar-refractivity contribution in [2.75, 3.05) is 5.88 Å². The number of alkyl halides is 4. The van der Waals surface area contributed by atoms with Gasteiger partial charge in [0, 0.05) is 18.8 Å². The monoisotopic (exact) mass is 301 g/mol. The molecule has 0 spiro atoms. The van der Waals surface area contributed by atoms with Gasteiger partial charge in [0.2, 0.25) is 5.78 Å². The molecule has 0 bridgehead atoms. The van der Waals surface area contributed by atoms with Crippen LogP contribution in [0, 0.1) is 0 Å². The first-order chi connectivity index (χ1) is 7.27. The number of carbonyl (C=O) groups excluding carboxylic acids is 2. The molecule has 16 heavy (non-hydrogen) atoms. The fourth-order valence-corrected chi connectivity index (χ4v) is 1.61. The summed E-state index contributed by atoms with van der Waals surface area (Å²) in [5, 5.41) is 0. The standard InChI is InChI=1S/C9H7Cl4NO2/c1-14-4-5(7(15)3-10)2-6(14)8(16)9(11,12)13/h2,4H,3H2,1H3. The molecule has 0 aromatic carbocycles. The molecular formula is C9H7Cl4NO2. The summed E-state index contributed by atoms with van der Waals surface area (Å²) < 4.78 is -0.614. The van der Waals surface area contributed by atoms with Gasteiger partial charge in [-0.1, -0.05) is 34.8 Å². The largest absolute Gasteiger partial charge is 0.347 e. The summed E-state index contributed by atoms with van der Waals surface area (Å²) >= 11 is 21.8. The van der Waals surface area contributed by atoms with E-state index < -0.39 is 9.58 Å². The zero-order valence-electron chi connectivity index (χ0n) is 8.14. The van der Waals surface area contributed by atoms with E-state index in [0.29, 0.717) is 5.56 Å². The SMILES string of the molecule is Cn1cc(C(=O)CCl)cc1C(=O)C(Cl)(Cl)Cl. The van der Waals surface area contributed by atoms with Crippen molar-refractivity contribution in [1.29, 1.82) is 0 Å². The zero-order valence-corrected chi connectivity index (χ0v) is 11.2. The van der Waals surface area contributed by atoms with Crippen LogP contribution in [0.5, 0.6) is 0 Å². The van der Waals surface area contributed by atoms with Gasteiger partial charge in [-0.25, -0.2) is 0 Å². The van der Waals surface area contributed by atoms with Crippen LogP contribution in [0.25, 0.3) is 0 Å². The van der Waals surface area contributed by atoms with Crippen LogP contribution in [-0.2, 0) is 7.05 Å². The first kappa shape index (κ1) is 13.8. The Labute approximate surface area is 112 Å². The second kappa shape index (κ2) is 4.96. The Morgan fingerprint density at radius 3 is 2.38 bits per heavy atom. The lowest BCUT2D eigenvalue weighted by Crippen LogP contribution is -2.21. The van der Waals surface area contributed by atoms with Crippen molar-refractivity contribution >= 4 is 58.0 Å². The summed E-state index contributed by atoms with van der Waals surface area (Å²) in [5.41, 5.74) is 0.462. The molecule has 0 radical (unpaired) electrons. The van der Waals surface area contributed by atoms with E-state index in [-0.39, 0.29) is 17.4 Å². The van der Waals surface area contributed by atoms with Crippen LogP contribution in [0.15, 0.2) is 12.3 Å². The third kappa shape index (κ3) is 2.92. The van der Waals surface area contributed by atoms with Gasteiger partial charge in [0.05, 0.1) is 11.6 Å². The summed E-state index contributed by atoms with van der Waals surface area (Å²) in [5.74, 6) is -1.14. The zero-order chi connectivity index (χ0) is 12.5. The van der Waals surface area contributed by atoms with Crippen LogP contribution in [0.1, 0.15) is 20.8 Å². The Hall–Kier alpha value is -0.220. The quantitative estimate of drug-likeness (QED) is 0.636.